The average Bonchev–Trinajstić information content (AvgIpc) is 3.00. The Labute approximate surface area is 111 Å². The van der Waals surface area contributed by atoms with Crippen molar-refractivity contribution in [3.8, 4) is 11.3 Å². The minimum absolute atomic E-state index is 0.917. The predicted molar refractivity (Wildman–Crippen MR) is 79.2 cm³/mol. The largest absolute Gasteiger partial charge is 0.464 e. The molecule has 4 aromatic rings. The van der Waals surface area contributed by atoms with Crippen LogP contribution in [-0.2, 0) is 0 Å². The monoisotopic (exact) mass is 244 g/mol. The van der Waals surface area contributed by atoms with E-state index in [2.05, 4.69) is 54.6 Å². The zero-order valence-corrected chi connectivity index (χ0v) is 10.3. The zero-order valence-electron chi connectivity index (χ0n) is 10.3. The van der Waals surface area contributed by atoms with Crippen molar-refractivity contribution in [2.24, 2.45) is 0 Å². The Morgan fingerprint density at radius 3 is 2.37 bits per heavy atom. The van der Waals surface area contributed by atoms with E-state index in [4.69, 9.17) is 4.42 Å². The molecule has 90 valence electrons. The third-order valence-electron chi connectivity index (χ3n) is 3.57. The van der Waals surface area contributed by atoms with E-state index < -0.39 is 0 Å². The molecule has 0 radical (unpaired) electrons. The molecule has 0 N–H and O–H groups in total. The van der Waals surface area contributed by atoms with E-state index in [0.29, 0.717) is 0 Å². The van der Waals surface area contributed by atoms with E-state index in [1.807, 2.05) is 12.1 Å². The molecular formula is C18H12O. The minimum Gasteiger partial charge on any atom is -0.464 e. The van der Waals surface area contributed by atoms with Gasteiger partial charge in [0.25, 0.3) is 0 Å². The fraction of sp³-hybridized carbons (Fsp3) is 0. The average molecular weight is 244 g/mol. The van der Waals surface area contributed by atoms with Gasteiger partial charge in [-0.05, 0) is 33.7 Å². The van der Waals surface area contributed by atoms with Crippen LogP contribution in [0.15, 0.2) is 77.4 Å². The highest BCUT2D eigenvalue weighted by atomic mass is 16.3. The van der Waals surface area contributed by atoms with Crippen molar-refractivity contribution in [3.05, 3.63) is 73.0 Å². The first kappa shape index (κ1) is 10.4. The molecule has 1 heterocycles. The summed E-state index contributed by atoms with van der Waals surface area (Å²) in [6, 6.07) is 23.1. The van der Waals surface area contributed by atoms with E-state index in [0.717, 1.165) is 11.3 Å². The molecular weight excluding hydrogens is 232 g/mol. The highest BCUT2D eigenvalue weighted by molar-refractivity contribution is 6.11. The molecule has 0 fully saturated rings. The number of hydrogen-bond donors (Lipinski definition) is 0. The second kappa shape index (κ2) is 3.99. The zero-order chi connectivity index (χ0) is 12.7. The molecule has 0 bridgehead atoms. The van der Waals surface area contributed by atoms with Crippen LogP contribution in [0.25, 0.3) is 32.9 Å². The van der Waals surface area contributed by atoms with Gasteiger partial charge in [0.1, 0.15) is 5.76 Å². The Hall–Kier alpha value is -2.54. The smallest absolute Gasteiger partial charge is 0.134 e. The summed E-state index contributed by atoms with van der Waals surface area (Å²) in [5.41, 5.74) is 1.15. The van der Waals surface area contributed by atoms with Crippen LogP contribution < -0.4 is 0 Å². The second-order valence-electron chi connectivity index (χ2n) is 4.66. The summed E-state index contributed by atoms with van der Waals surface area (Å²) in [5.74, 6) is 0.917. The van der Waals surface area contributed by atoms with Crippen molar-refractivity contribution in [2.75, 3.05) is 0 Å². The quantitative estimate of drug-likeness (QED) is 0.417. The Morgan fingerprint density at radius 1 is 0.579 bits per heavy atom. The minimum atomic E-state index is 0.917. The number of benzene rings is 3. The number of furan rings is 1. The summed E-state index contributed by atoms with van der Waals surface area (Å²) >= 11 is 0. The lowest BCUT2D eigenvalue weighted by Gasteiger charge is -2.07. The Bertz CT molecular complexity index is 857. The summed E-state index contributed by atoms with van der Waals surface area (Å²) in [7, 11) is 0. The number of fused-ring (bicyclic) bond motifs is 3. The van der Waals surface area contributed by atoms with E-state index in [1.54, 1.807) is 6.26 Å². The fourth-order valence-electron chi connectivity index (χ4n) is 2.69. The summed E-state index contributed by atoms with van der Waals surface area (Å²) in [6.45, 7) is 0. The highest BCUT2D eigenvalue weighted by Gasteiger charge is 2.07. The molecule has 0 aliphatic carbocycles. The topological polar surface area (TPSA) is 13.1 Å². The van der Waals surface area contributed by atoms with Crippen molar-refractivity contribution in [3.63, 3.8) is 0 Å². The summed E-state index contributed by atoms with van der Waals surface area (Å²) < 4.78 is 5.54. The second-order valence-corrected chi connectivity index (χ2v) is 4.66. The molecule has 4 rings (SSSR count). The Morgan fingerprint density at radius 2 is 1.47 bits per heavy atom. The molecule has 1 aromatic heterocycles. The van der Waals surface area contributed by atoms with Gasteiger partial charge in [-0.15, -0.1) is 0 Å². The van der Waals surface area contributed by atoms with Gasteiger partial charge in [-0.1, -0.05) is 54.6 Å². The van der Waals surface area contributed by atoms with E-state index in [9.17, 15) is 0 Å². The molecule has 19 heavy (non-hydrogen) atoms. The van der Waals surface area contributed by atoms with E-state index in [-0.39, 0.29) is 0 Å². The summed E-state index contributed by atoms with van der Waals surface area (Å²) in [6.07, 6.45) is 1.72. The van der Waals surface area contributed by atoms with Gasteiger partial charge in [0.2, 0.25) is 0 Å². The van der Waals surface area contributed by atoms with Crippen molar-refractivity contribution in [1.29, 1.82) is 0 Å². The fourth-order valence-corrected chi connectivity index (χ4v) is 2.69. The molecule has 0 saturated carbocycles. The maximum atomic E-state index is 5.54. The highest BCUT2D eigenvalue weighted by Crippen LogP contribution is 2.33. The van der Waals surface area contributed by atoms with Gasteiger partial charge < -0.3 is 4.42 Å². The van der Waals surface area contributed by atoms with Crippen LogP contribution >= 0.6 is 0 Å². The lowest BCUT2D eigenvalue weighted by molar-refractivity contribution is 0.583. The molecule has 1 heteroatoms. The van der Waals surface area contributed by atoms with Crippen molar-refractivity contribution in [2.45, 2.75) is 0 Å². The van der Waals surface area contributed by atoms with Crippen LogP contribution in [0.2, 0.25) is 0 Å². The summed E-state index contributed by atoms with van der Waals surface area (Å²) in [4.78, 5) is 0. The lowest BCUT2D eigenvalue weighted by Crippen LogP contribution is -1.81. The maximum absolute atomic E-state index is 5.54. The van der Waals surface area contributed by atoms with Crippen LogP contribution in [0.3, 0.4) is 0 Å². The number of hydrogen-bond acceptors (Lipinski definition) is 1. The normalized spacial score (nSPS) is 11.2. The van der Waals surface area contributed by atoms with Gasteiger partial charge in [-0.25, -0.2) is 0 Å². The predicted octanol–water partition coefficient (Wildman–Crippen LogP) is 5.25. The molecule has 0 atom stereocenters. The molecule has 0 saturated heterocycles. The first-order chi connectivity index (χ1) is 9.43. The summed E-state index contributed by atoms with van der Waals surface area (Å²) in [5, 5.41) is 5.06. The first-order valence-corrected chi connectivity index (χ1v) is 6.38. The van der Waals surface area contributed by atoms with Crippen LogP contribution in [0, 0.1) is 0 Å². The van der Waals surface area contributed by atoms with Gasteiger partial charge >= 0.3 is 0 Å². The first-order valence-electron chi connectivity index (χ1n) is 6.38. The van der Waals surface area contributed by atoms with Crippen LogP contribution in [0.4, 0.5) is 0 Å². The molecule has 0 aliphatic rings. The van der Waals surface area contributed by atoms with Crippen molar-refractivity contribution >= 4 is 21.5 Å². The molecule has 0 amide bonds. The number of rotatable bonds is 1. The van der Waals surface area contributed by atoms with E-state index >= 15 is 0 Å². The van der Waals surface area contributed by atoms with Crippen LogP contribution in [0.5, 0.6) is 0 Å². The van der Waals surface area contributed by atoms with E-state index in [1.165, 1.54) is 21.5 Å². The van der Waals surface area contributed by atoms with Gasteiger partial charge in [-0.2, -0.15) is 0 Å². The van der Waals surface area contributed by atoms with Gasteiger partial charge in [0, 0.05) is 5.56 Å². The maximum Gasteiger partial charge on any atom is 0.134 e. The van der Waals surface area contributed by atoms with Crippen LogP contribution in [0.1, 0.15) is 0 Å². The van der Waals surface area contributed by atoms with Crippen molar-refractivity contribution < 1.29 is 4.42 Å². The van der Waals surface area contributed by atoms with Crippen molar-refractivity contribution in [1.82, 2.24) is 0 Å². The lowest BCUT2D eigenvalue weighted by atomic mass is 9.97. The third-order valence-corrected chi connectivity index (χ3v) is 3.57. The standard InChI is InChI=1S/C18H12O/c1-2-6-14-13(5-1)10-11-16-15(14)7-3-8-17(16)18-9-4-12-19-18/h1-12H. The van der Waals surface area contributed by atoms with Gasteiger partial charge in [0.15, 0.2) is 0 Å². The Kier molecular flexibility index (Phi) is 2.18. The SMILES string of the molecule is c1coc(-c2cccc3c2ccc2ccccc23)c1. The van der Waals surface area contributed by atoms with Gasteiger partial charge in [-0.3, -0.25) is 0 Å². The molecule has 0 aliphatic heterocycles. The molecule has 0 spiro atoms. The Balaban J connectivity index is 2.15. The third kappa shape index (κ3) is 1.55. The van der Waals surface area contributed by atoms with Gasteiger partial charge in [0.05, 0.1) is 6.26 Å². The molecule has 1 nitrogen and oxygen atoms in total. The van der Waals surface area contributed by atoms with Crippen LogP contribution in [-0.4, -0.2) is 0 Å². The molecule has 3 aromatic carbocycles. The molecule has 0 unspecified atom stereocenters.